The molecule has 1 saturated carbocycles. The van der Waals surface area contributed by atoms with E-state index < -0.39 is 12.5 Å². The summed E-state index contributed by atoms with van der Waals surface area (Å²) in [4.78, 5) is 0. The molecule has 0 aromatic carbocycles. The third-order valence-corrected chi connectivity index (χ3v) is 2.89. The van der Waals surface area contributed by atoms with Crippen LogP contribution in [-0.4, -0.2) is 22.7 Å². The van der Waals surface area contributed by atoms with Crippen molar-refractivity contribution in [1.82, 2.24) is 10.2 Å². The van der Waals surface area contributed by atoms with Gasteiger partial charge in [0.15, 0.2) is 0 Å². The summed E-state index contributed by atoms with van der Waals surface area (Å²) in [5, 5.41) is 7.64. The Hall–Kier alpha value is -1.57. The van der Waals surface area contributed by atoms with Gasteiger partial charge in [0.2, 0.25) is 11.8 Å². The first-order valence-corrected chi connectivity index (χ1v) is 5.83. The second kappa shape index (κ2) is 5.20. The largest absolute Gasteiger partial charge is 0.522 e. The van der Waals surface area contributed by atoms with Gasteiger partial charge in [-0.05, 0) is 19.3 Å². The van der Waals surface area contributed by atoms with Crippen molar-refractivity contribution in [3.8, 4) is 0 Å². The van der Waals surface area contributed by atoms with Crippen molar-refractivity contribution in [3.63, 3.8) is 0 Å². The van der Waals surface area contributed by atoms with Crippen molar-refractivity contribution in [2.24, 2.45) is 5.73 Å². The normalized spacial score (nSPS) is 23.1. The van der Waals surface area contributed by atoms with Crippen LogP contribution in [0.2, 0.25) is 0 Å². The van der Waals surface area contributed by atoms with Gasteiger partial charge in [-0.1, -0.05) is 6.58 Å². The number of hydrogen-bond acceptors (Lipinski definition) is 5. The lowest BCUT2D eigenvalue weighted by Crippen LogP contribution is -2.34. The smallest absolute Gasteiger partial charge is 0.425 e. The Labute approximate surface area is 107 Å². The van der Waals surface area contributed by atoms with Gasteiger partial charge in [-0.25, -0.2) is 0 Å². The number of nitrogens with two attached hydrogens (primary N) is 1. The topological polar surface area (TPSA) is 74.2 Å². The molecule has 0 aliphatic heterocycles. The van der Waals surface area contributed by atoms with Gasteiger partial charge in [-0.2, -0.15) is 0 Å². The molecule has 0 unspecified atom stereocenters. The summed E-state index contributed by atoms with van der Waals surface area (Å²) in [6.45, 7) is 3.55. The monoisotopic (exact) mass is 277 g/mol. The van der Waals surface area contributed by atoms with Crippen LogP contribution in [0, 0.1) is 0 Å². The first kappa shape index (κ1) is 13.9. The van der Waals surface area contributed by atoms with E-state index >= 15 is 0 Å². The highest BCUT2D eigenvalue weighted by atomic mass is 19.4. The van der Waals surface area contributed by atoms with Gasteiger partial charge < -0.3 is 10.2 Å². The van der Waals surface area contributed by atoms with Crippen molar-refractivity contribution >= 4 is 0 Å². The van der Waals surface area contributed by atoms with Crippen LogP contribution in [0.25, 0.3) is 0 Å². The molecule has 0 radical (unpaired) electrons. The molecule has 2 N–H and O–H groups in total. The van der Waals surface area contributed by atoms with Crippen molar-refractivity contribution in [1.29, 1.82) is 0 Å². The van der Waals surface area contributed by atoms with E-state index in [1.54, 1.807) is 0 Å². The van der Waals surface area contributed by atoms with Crippen LogP contribution in [0.3, 0.4) is 0 Å². The van der Waals surface area contributed by atoms with E-state index in [-0.39, 0.29) is 18.8 Å². The van der Waals surface area contributed by atoms with Crippen molar-refractivity contribution in [2.75, 3.05) is 0 Å². The fourth-order valence-corrected chi connectivity index (χ4v) is 1.85. The summed E-state index contributed by atoms with van der Waals surface area (Å²) >= 11 is 0. The highest BCUT2D eigenvalue weighted by Crippen LogP contribution is 2.40. The van der Waals surface area contributed by atoms with Crippen LogP contribution >= 0.6 is 0 Å². The molecule has 19 heavy (non-hydrogen) atoms. The molecule has 1 fully saturated rings. The number of rotatable bonds is 5. The van der Waals surface area contributed by atoms with Crippen LogP contribution < -0.4 is 5.73 Å². The van der Waals surface area contributed by atoms with Gasteiger partial charge in [0, 0.05) is 18.0 Å². The van der Waals surface area contributed by atoms with Crippen molar-refractivity contribution < 1.29 is 22.3 Å². The molecule has 1 aromatic rings. The van der Waals surface area contributed by atoms with E-state index in [2.05, 4.69) is 21.5 Å². The zero-order valence-corrected chi connectivity index (χ0v) is 10.1. The molecule has 0 saturated heterocycles. The van der Waals surface area contributed by atoms with E-state index in [9.17, 15) is 13.2 Å². The number of aromatic nitrogens is 2. The lowest BCUT2D eigenvalue weighted by atomic mass is 9.82. The molecule has 0 amide bonds. The van der Waals surface area contributed by atoms with Gasteiger partial charge in [0.1, 0.15) is 0 Å². The molecular formula is C11H14F3N3O2. The average Bonchev–Trinajstić information content (AvgIpc) is 2.66. The molecule has 1 heterocycles. The van der Waals surface area contributed by atoms with Crippen LogP contribution in [-0.2, 0) is 11.2 Å². The number of hydrogen-bond donors (Lipinski definition) is 1. The van der Waals surface area contributed by atoms with Gasteiger partial charge in [-0.15, -0.1) is 23.4 Å². The Balaban J connectivity index is 1.80. The Morgan fingerprint density at radius 3 is 2.68 bits per heavy atom. The Morgan fingerprint density at radius 2 is 2.11 bits per heavy atom. The number of halogens is 3. The maximum absolute atomic E-state index is 11.9. The third-order valence-electron chi connectivity index (χ3n) is 2.89. The third kappa shape index (κ3) is 3.95. The second-order valence-electron chi connectivity index (χ2n) is 4.55. The maximum Gasteiger partial charge on any atom is 0.522 e. The average molecular weight is 277 g/mol. The first-order chi connectivity index (χ1) is 8.83. The van der Waals surface area contributed by atoms with Crippen LogP contribution in [0.4, 0.5) is 13.2 Å². The lowest BCUT2D eigenvalue weighted by molar-refractivity contribution is -0.352. The van der Waals surface area contributed by atoms with E-state index in [0.29, 0.717) is 30.3 Å². The predicted molar refractivity (Wildman–Crippen MR) is 58.8 cm³/mol. The predicted octanol–water partition coefficient (Wildman–Crippen LogP) is 2.26. The summed E-state index contributed by atoms with van der Waals surface area (Å²) in [5.41, 5.74) is 5.93. The minimum absolute atomic E-state index is 0.158. The number of alkyl halides is 3. The van der Waals surface area contributed by atoms with Gasteiger partial charge >= 0.3 is 6.36 Å². The van der Waals surface area contributed by atoms with Gasteiger partial charge in [-0.3, -0.25) is 4.74 Å². The minimum Gasteiger partial charge on any atom is -0.425 e. The molecule has 0 bridgehead atoms. The summed E-state index contributed by atoms with van der Waals surface area (Å²) in [5.74, 6) is 0.621. The zero-order chi connectivity index (χ0) is 14.0. The fraction of sp³-hybridized carbons (Fsp3) is 0.636. The van der Waals surface area contributed by atoms with Crippen molar-refractivity contribution in [3.05, 3.63) is 24.1 Å². The number of allylic oxidation sites excluding steroid dienone is 1. The number of aryl methyl sites for hydroxylation is 1. The van der Waals surface area contributed by atoms with Crippen LogP contribution in [0.5, 0.6) is 0 Å². The Kier molecular flexibility index (Phi) is 3.79. The minimum atomic E-state index is -4.59. The van der Waals surface area contributed by atoms with Crippen LogP contribution in [0.1, 0.15) is 37.0 Å². The molecular weight excluding hydrogens is 263 g/mol. The Bertz CT molecular complexity index is 452. The SMILES string of the molecule is C=C(N)CCc1nnc(C2CC(OC(F)(F)F)C2)o1. The van der Waals surface area contributed by atoms with E-state index in [0.717, 1.165) is 0 Å². The summed E-state index contributed by atoms with van der Waals surface area (Å²) < 4.78 is 45.1. The van der Waals surface area contributed by atoms with Gasteiger partial charge in [0.05, 0.1) is 6.10 Å². The first-order valence-electron chi connectivity index (χ1n) is 5.83. The molecule has 0 atom stereocenters. The lowest BCUT2D eigenvalue weighted by Gasteiger charge is -2.32. The second-order valence-corrected chi connectivity index (χ2v) is 4.55. The standard InChI is InChI=1S/C11H14F3N3O2/c1-6(15)2-3-9-16-17-10(18-9)7-4-8(5-7)19-11(12,13)14/h7-8H,1-5,15H2. The summed E-state index contributed by atoms with van der Waals surface area (Å²) in [7, 11) is 0. The Morgan fingerprint density at radius 1 is 1.42 bits per heavy atom. The number of ether oxygens (including phenoxy) is 1. The zero-order valence-electron chi connectivity index (χ0n) is 10.1. The van der Waals surface area contributed by atoms with Crippen LogP contribution in [0.15, 0.2) is 16.7 Å². The highest BCUT2D eigenvalue weighted by Gasteiger charge is 2.42. The molecule has 0 spiro atoms. The number of nitrogens with zero attached hydrogens (tertiary/aromatic N) is 2. The molecule has 8 heteroatoms. The summed E-state index contributed by atoms with van der Waals surface area (Å²) in [6, 6.07) is 0. The fourth-order valence-electron chi connectivity index (χ4n) is 1.85. The van der Waals surface area contributed by atoms with Gasteiger partial charge in [0.25, 0.3) is 0 Å². The summed E-state index contributed by atoms with van der Waals surface area (Å²) in [6.07, 6.45) is -3.90. The quantitative estimate of drug-likeness (QED) is 0.893. The van der Waals surface area contributed by atoms with E-state index in [4.69, 9.17) is 10.2 Å². The highest BCUT2D eigenvalue weighted by molar-refractivity contribution is 5.01. The molecule has 2 rings (SSSR count). The molecule has 1 aliphatic carbocycles. The van der Waals surface area contributed by atoms with E-state index in [1.165, 1.54) is 0 Å². The maximum atomic E-state index is 11.9. The molecule has 106 valence electrons. The molecule has 5 nitrogen and oxygen atoms in total. The van der Waals surface area contributed by atoms with E-state index in [1.807, 2.05) is 0 Å². The molecule has 1 aromatic heterocycles. The molecule has 1 aliphatic rings. The van der Waals surface area contributed by atoms with Crippen molar-refractivity contribution in [2.45, 2.75) is 44.1 Å².